The number of carbonyl (C=O) groups is 3. The number of esters is 1. The lowest BCUT2D eigenvalue weighted by Crippen LogP contribution is -2.15. The van der Waals surface area contributed by atoms with Crippen molar-refractivity contribution in [3.05, 3.63) is 64.7 Å². The average Bonchev–Trinajstić information content (AvgIpc) is 3.29. The van der Waals surface area contributed by atoms with Crippen LogP contribution in [0.1, 0.15) is 51.3 Å². The first-order valence-electron chi connectivity index (χ1n) is 9.35. The van der Waals surface area contributed by atoms with E-state index in [1.54, 1.807) is 26.0 Å². The number of aromatic nitrogens is 2. The first kappa shape index (κ1) is 21.2. The number of hydrogen-bond acceptors (Lipinski definition) is 6. The van der Waals surface area contributed by atoms with E-state index in [4.69, 9.17) is 9.15 Å². The number of hydrogen-bond donors (Lipinski definition) is 1. The number of halogens is 1. The van der Waals surface area contributed by atoms with E-state index < -0.39 is 18.4 Å². The molecule has 0 atom stereocenters. The van der Waals surface area contributed by atoms with Crippen LogP contribution in [-0.4, -0.2) is 34.1 Å². The minimum Gasteiger partial charge on any atom is -0.457 e. The number of ketones is 2. The van der Waals surface area contributed by atoms with Crippen molar-refractivity contribution < 1.29 is 27.9 Å². The fourth-order valence-corrected chi connectivity index (χ4v) is 3.23. The van der Waals surface area contributed by atoms with Crippen LogP contribution < -0.4 is 0 Å². The minimum atomic E-state index is -0.572. The smallest absolute Gasteiger partial charge is 0.306 e. The van der Waals surface area contributed by atoms with Crippen LogP contribution in [0.4, 0.5) is 4.39 Å². The van der Waals surface area contributed by atoms with Gasteiger partial charge in [-0.25, -0.2) is 9.37 Å². The van der Waals surface area contributed by atoms with E-state index in [0.717, 1.165) is 0 Å². The average molecular weight is 412 g/mol. The predicted octanol–water partition coefficient (Wildman–Crippen LogP) is 3.99. The van der Waals surface area contributed by atoms with Gasteiger partial charge in [-0.2, -0.15) is 0 Å². The SMILES string of the molecule is CC(=O)c1c(C)[nH]c(C(=O)COC(=O)CCc2ncc(-c3ccc(F)cc3)o2)c1C. The van der Waals surface area contributed by atoms with E-state index in [-0.39, 0.29) is 30.1 Å². The number of H-pyrrole nitrogens is 1. The Morgan fingerprint density at radius 2 is 1.87 bits per heavy atom. The molecular weight excluding hydrogens is 391 g/mol. The molecule has 0 aliphatic rings. The van der Waals surface area contributed by atoms with Crippen LogP contribution in [-0.2, 0) is 16.0 Å². The summed E-state index contributed by atoms with van der Waals surface area (Å²) in [7, 11) is 0. The highest BCUT2D eigenvalue weighted by Gasteiger charge is 2.21. The summed E-state index contributed by atoms with van der Waals surface area (Å²) in [5.74, 6) is -0.669. The van der Waals surface area contributed by atoms with E-state index in [1.807, 2.05) is 0 Å². The number of Topliss-reactive ketones (excluding diaryl/α,β-unsaturated/α-hetero) is 2. The van der Waals surface area contributed by atoms with E-state index in [0.29, 0.717) is 34.0 Å². The molecule has 0 amide bonds. The molecule has 7 nitrogen and oxygen atoms in total. The van der Waals surface area contributed by atoms with Crippen LogP contribution in [0, 0.1) is 19.7 Å². The maximum absolute atomic E-state index is 13.0. The van der Waals surface area contributed by atoms with Gasteiger partial charge in [0.2, 0.25) is 5.78 Å². The molecule has 2 aromatic heterocycles. The summed E-state index contributed by atoms with van der Waals surface area (Å²) in [6.45, 7) is 4.39. The normalized spacial score (nSPS) is 10.8. The summed E-state index contributed by atoms with van der Waals surface area (Å²) in [6, 6.07) is 5.78. The zero-order chi connectivity index (χ0) is 21.8. The molecular formula is C22H21FN2O5. The van der Waals surface area contributed by atoms with E-state index in [9.17, 15) is 18.8 Å². The van der Waals surface area contributed by atoms with Gasteiger partial charge in [0.25, 0.3) is 0 Å². The number of aromatic amines is 1. The van der Waals surface area contributed by atoms with Gasteiger partial charge in [0.15, 0.2) is 24.0 Å². The third-order valence-corrected chi connectivity index (χ3v) is 4.66. The van der Waals surface area contributed by atoms with Crippen molar-refractivity contribution in [3.63, 3.8) is 0 Å². The third-order valence-electron chi connectivity index (χ3n) is 4.66. The van der Waals surface area contributed by atoms with Crippen LogP contribution in [0.25, 0.3) is 11.3 Å². The summed E-state index contributed by atoms with van der Waals surface area (Å²) in [5.41, 5.74) is 2.57. The number of oxazole rings is 1. The van der Waals surface area contributed by atoms with Gasteiger partial charge in [0.05, 0.1) is 18.3 Å². The van der Waals surface area contributed by atoms with Crippen molar-refractivity contribution in [2.75, 3.05) is 6.61 Å². The van der Waals surface area contributed by atoms with Gasteiger partial charge in [0.1, 0.15) is 5.82 Å². The summed E-state index contributed by atoms with van der Waals surface area (Å²) in [5, 5.41) is 0. The Bertz CT molecular complexity index is 1100. The number of ether oxygens (including phenoxy) is 1. The molecule has 2 heterocycles. The molecule has 0 saturated carbocycles. The van der Waals surface area contributed by atoms with Gasteiger partial charge < -0.3 is 14.1 Å². The molecule has 0 saturated heterocycles. The van der Waals surface area contributed by atoms with Gasteiger partial charge in [-0.3, -0.25) is 14.4 Å². The van der Waals surface area contributed by atoms with Gasteiger partial charge in [-0.15, -0.1) is 0 Å². The molecule has 30 heavy (non-hydrogen) atoms. The fraction of sp³-hybridized carbons (Fsp3) is 0.273. The van der Waals surface area contributed by atoms with Crippen LogP contribution in [0.2, 0.25) is 0 Å². The molecule has 0 aliphatic carbocycles. The Labute approximate surface area is 172 Å². The molecule has 0 fully saturated rings. The van der Waals surface area contributed by atoms with E-state index in [2.05, 4.69) is 9.97 Å². The number of nitrogens with one attached hydrogen (secondary N) is 1. The first-order valence-corrected chi connectivity index (χ1v) is 9.35. The highest BCUT2D eigenvalue weighted by atomic mass is 19.1. The maximum Gasteiger partial charge on any atom is 0.306 e. The Balaban J connectivity index is 1.52. The van der Waals surface area contributed by atoms with Crippen LogP contribution >= 0.6 is 0 Å². The van der Waals surface area contributed by atoms with Crippen molar-refractivity contribution in [2.45, 2.75) is 33.6 Å². The highest BCUT2D eigenvalue weighted by molar-refractivity contribution is 6.04. The first-order chi connectivity index (χ1) is 14.3. The molecule has 8 heteroatoms. The van der Waals surface area contributed by atoms with Crippen LogP contribution in [0.3, 0.4) is 0 Å². The topological polar surface area (TPSA) is 102 Å². The van der Waals surface area contributed by atoms with Gasteiger partial charge in [-0.1, -0.05) is 0 Å². The van der Waals surface area contributed by atoms with Crippen molar-refractivity contribution in [1.29, 1.82) is 0 Å². The molecule has 0 bridgehead atoms. The van der Waals surface area contributed by atoms with Crippen LogP contribution in [0.15, 0.2) is 34.9 Å². The number of nitrogens with zero attached hydrogens (tertiary/aromatic N) is 1. The molecule has 3 aromatic rings. The van der Waals surface area contributed by atoms with Crippen molar-refractivity contribution >= 4 is 17.5 Å². The van der Waals surface area contributed by atoms with E-state index >= 15 is 0 Å². The second-order valence-corrected chi connectivity index (χ2v) is 6.89. The summed E-state index contributed by atoms with van der Waals surface area (Å²) in [4.78, 5) is 43.0. The van der Waals surface area contributed by atoms with E-state index in [1.165, 1.54) is 25.3 Å². The van der Waals surface area contributed by atoms with Gasteiger partial charge >= 0.3 is 5.97 Å². The summed E-state index contributed by atoms with van der Waals surface area (Å²) in [6.07, 6.45) is 1.68. The Morgan fingerprint density at radius 3 is 2.50 bits per heavy atom. The number of rotatable bonds is 8. The Hall–Kier alpha value is -3.55. The van der Waals surface area contributed by atoms with Crippen molar-refractivity contribution in [2.24, 2.45) is 0 Å². The monoisotopic (exact) mass is 412 g/mol. The molecule has 156 valence electrons. The van der Waals surface area contributed by atoms with Crippen molar-refractivity contribution in [1.82, 2.24) is 9.97 Å². The second kappa shape index (κ2) is 8.86. The molecule has 3 rings (SSSR count). The predicted molar refractivity (Wildman–Crippen MR) is 106 cm³/mol. The lowest BCUT2D eigenvalue weighted by molar-refractivity contribution is -0.142. The molecule has 0 spiro atoms. The molecule has 0 unspecified atom stereocenters. The number of carbonyl (C=O) groups excluding carboxylic acids is 3. The molecule has 0 radical (unpaired) electrons. The number of benzene rings is 1. The summed E-state index contributed by atoms with van der Waals surface area (Å²) >= 11 is 0. The highest BCUT2D eigenvalue weighted by Crippen LogP contribution is 2.21. The third kappa shape index (κ3) is 4.71. The zero-order valence-corrected chi connectivity index (χ0v) is 16.9. The number of aryl methyl sites for hydroxylation is 2. The standard InChI is InChI=1S/C22H21FN2O5/c1-12-21(14(3)26)13(2)25-22(12)17(27)11-29-20(28)9-8-19-24-10-18(30-19)15-4-6-16(23)7-5-15/h4-7,10,25H,8-9,11H2,1-3H3. The fourth-order valence-electron chi connectivity index (χ4n) is 3.23. The molecule has 1 aromatic carbocycles. The Morgan fingerprint density at radius 1 is 1.17 bits per heavy atom. The Kier molecular flexibility index (Phi) is 6.25. The lowest BCUT2D eigenvalue weighted by Gasteiger charge is -2.04. The lowest BCUT2D eigenvalue weighted by atomic mass is 10.1. The second-order valence-electron chi connectivity index (χ2n) is 6.89. The summed E-state index contributed by atoms with van der Waals surface area (Å²) < 4.78 is 23.6. The largest absolute Gasteiger partial charge is 0.457 e. The zero-order valence-electron chi connectivity index (χ0n) is 16.9. The molecule has 1 N–H and O–H groups in total. The van der Waals surface area contributed by atoms with Gasteiger partial charge in [0, 0.05) is 23.2 Å². The van der Waals surface area contributed by atoms with Gasteiger partial charge in [-0.05, 0) is 50.6 Å². The maximum atomic E-state index is 13.0. The molecule has 0 aliphatic heterocycles. The van der Waals surface area contributed by atoms with Crippen molar-refractivity contribution in [3.8, 4) is 11.3 Å². The van der Waals surface area contributed by atoms with Crippen LogP contribution in [0.5, 0.6) is 0 Å². The quantitative estimate of drug-likeness (QED) is 0.443. The minimum absolute atomic E-state index is 0.0158.